The predicted molar refractivity (Wildman–Crippen MR) is 92.2 cm³/mol. The van der Waals surface area contributed by atoms with E-state index < -0.39 is 0 Å². The van der Waals surface area contributed by atoms with E-state index in [4.69, 9.17) is 4.98 Å². The van der Waals surface area contributed by atoms with Crippen LogP contribution in [0.5, 0.6) is 0 Å². The quantitative estimate of drug-likeness (QED) is 0.666. The topological polar surface area (TPSA) is 12.9 Å². The van der Waals surface area contributed by atoms with E-state index in [2.05, 4.69) is 80.6 Å². The number of pyridine rings is 1. The van der Waals surface area contributed by atoms with Crippen LogP contribution in [-0.2, 0) is 12.8 Å². The van der Waals surface area contributed by atoms with Crippen molar-refractivity contribution in [3.05, 3.63) is 100 Å². The van der Waals surface area contributed by atoms with Crippen LogP contribution in [0.4, 0.5) is 0 Å². The van der Waals surface area contributed by atoms with E-state index >= 15 is 0 Å². The van der Waals surface area contributed by atoms with Crippen molar-refractivity contribution in [2.24, 2.45) is 0 Å². The molecule has 1 aromatic heterocycles. The number of aromatic nitrogens is 1. The molecule has 2 aromatic carbocycles. The fourth-order valence-corrected chi connectivity index (χ4v) is 2.84. The van der Waals surface area contributed by atoms with Crippen LogP contribution in [0.2, 0.25) is 0 Å². The Bertz CT molecular complexity index is 683. The molecule has 0 bridgehead atoms. The van der Waals surface area contributed by atoms with Gasteiger partial charge in [-0.15, -0.1) is 0 Å². The Morgan fingerprint density at radius 3 is 1.86 bits per heavy atom. The summed E-state index contributed by atoms with van der Waals surface area (Å²) in [5.74, 6) is 0. The second-order valence-corrected chi connectivity index (χ2v) is 5.82. The number of rotatable bonds is 4. The molecule has 0 radical (unpaired) electrons. The third-order valence-electron chi connectivity index (χ3n) is 4.06. The summed E-state index contributed by atoms with van der Waals surface area (Å²) in [6, 6.07) is 23.4. The van der Waals surface area contributed by atoms with Crippen LogP contribution in [0, 0.1) is 13.8 Å². The minimum absolute atomic E-state index is 0.899. The van der Waals surface area contributed by atoms with Crippen molar-refractivity contribution in [1.29, 1.82) is 0 Å². The third-order valence-corrected chi connectivity index (χ3v) is 4.06. The Labute approximate surface area is 132 Å². The number of aryl methyl sites for hydroxylation is 1. The van der Waals surface area contributed by atoms with Crippen molar-refractivity contribution in [3.63, 3.8) is 0 Å². The second kappa shape index (κ2) is 6.57. The molecule has 110 valence electrons. The summed E-state index contributed by atoms with van der Waals surface area (Å²) in [6.45, 7) is 4.28. The lowest BCUT2D eigenvalue weighted by Crippen LogP contribution is -2.03. The van der Waals surface area contributed by atoms with Crippen LogP contribution in [0.1, 0.15) is 33.6 Å². The molecule has 0 fully saturated rings. The molecule has 1 heteroatoms. The summed E-state index contributed by atoms with van der Waals surface area (Å²) in [4.78, 5) is 4.77. The van der Waals surface area contributed by atoms with Gasteiger partial charge in [-0.3, -0.25) is 4.98 Å². The molecule has 0 saturated heterocycles. The maximum atomic E-state index is 4.77. The molecule has 0 aliphatic heterocycles. The molecule has 1 heterocycles. The SMILES string of the molecule is Cc1cc(Cc2ccccc2)c(C)c(Cc2ccccc2)n1. The van der Waals surface area contributed by atoms with Crippen molar-refractivity contribution >= 4 is 0 Å². The lowest BCUT2D eigenvalue weighted by Gasteiger charge is -2.13. The van der Waals surface area contributed by atoms with E-state index in [0.717, 1.165) is 18.5 Å². The highest BCUT2D eigenvalue weighted by molar-refractivity contribution is 5.38. The lowest BCUT2D eigenvalue weighted by molar-refractivity contribution is 0.977. The molecule has 0 aliphatic rings. The van der Waals surface area contributed by atoms with E-state index in [9.17, 15) is 0 Å². The molecule has 0 unspecified atom stereocenters. The highest BCUT2D eigenvalue weighted by atomic mass is 14.7. The van der Waals surface area contributed by atoms with Crippen LogP contribution < -0.4 is 0 Å². The Morgan fingerprint density at radius 1 is 0.727 bits per heavy atom. The highest BCUT2D eigenvalue weighted by Gasteiger charge is 2.09. The second-order valence-electron chi connectivity index (χ2n) is 5.82. The third kappa shape index (κ3) is 3.43. The summed E-state index contributed by atoms with van der Waals surface area (Å²) >= 11 is 0. The molecule has 3 aromatic rings. The number of nitrogens with zero attached hydrogens (tertiary/aromatic N) is 1. The molecular formula is C21H21N. The van der Waals surface area contributed by atoms with E-state index in [0.29, 0.717) is 0 Å². The number of hydrogen-bond donors (Lipinski definition) is 0. The minimum atomic E-state index is 0.899. The first kappa shape index (κ1) is 14.5. The first-order valence-electron chi connectivity index (χ1n) is 7.76. The Hall–Kier alpha value is -2.41. The summed E-state index contributed by atoms with van der Waals surface area (Å²) in [7, 11) is 0. The molecular weight excluding hydrogens is 266 g/mol. The molecule has 0 spiro atoms. The van der Waals surface area contributed by atoms with Gasteiger partial charge in [-0.1, -0.05) is 60.7 Å². The summed E-state index contributed by atoms with van der Waals surface area (Å²) in [5, 5.41) is 0. The summed E-state index contributed by atoms with van der Waals surface area (Å²) in [5.41, 5.74) is 7.65. The van der Waals surface area contributed by atoms with Crippen molar-refractivity contribution in [2.75, 3.05) is 0 Å². The fourth-order valence-electron chi connectivity index (χ4n) is 2.84. The van der Waals surface area contributed by atoms with E-state index in [1.165, 1.54) is 27.9 Å². The zero-order valence-electron chi connectivity index (χ0n) is 13.2. The zero-order valence-corrected chi connectivity index (χ0v) is 13.2. The van der Waals surface area contributed by atoms with Crippen molar-refractivity contribution in [3.8, 4) is 0 Å². The van der Waals surface area contributed by atoms with Crippen LogP contribution in [0.15, 0.2) is 66.7 Å². The van der Waals surface area contributed by atoms with Gasteiger partial charge in [0.2, 0.25) is 0 Å². The molecule has 3 rings (SSSR count). The predicted octanol–water partition coefficient (Wildman–Crippen LogP) is 4.88. The van der Waals surface area contributed by atoms with Crippen LogP contribution in [-0.4, -0.2) is 4.98 Å². The van der Waals surface area contributed by atoms with Gasteiger partial charge in [0.25, 0.3) is 0 Å². The maximum absolute atomic E-state index is 4.77. The first-order valence-corrected chi connectivity index (χ1v) is 7.76. The monoisotopic (exact) mass is 287 g/mol. The average Bonchev–Trinajstić information content (AvgIpc) is 2.54. The molecule has 0 atom stereocenters. The van der Waals surface area contributed by atoms with Crippen molar-refractivity contribution in [2.45, 2.75) is 26.7 Å². The van der Waals surface area contributed by atoms with Gasteiger partial charge in [-0.2, -0.15) is 0 Å². The van der Waals surface area contributed by atoms with Crippen molar-refractivity contribution in [1.82, 2.24) is 4.98 Å². The first-order chi connectivity index (χ1) is 10.7. The average molecular weight is 287 g/mol. The standard InChI is InChI=1S/C21H21N/c1-16-13-20(14-18-9-5-3-6-10-18)17(2)21(22-16)15-19-11-7-4-8-12-19/h3-13H,14-15H2,1-2H3. The molecule has 0 aliphatic carbocycles. The van der Waals surface area contributed by atoms with Gasteiger partial charge in [0.1, 0.15) is 0 Å². The van der Waals surface area contributed by atoms with Gasteiger partial charge in [0, 0.05) is 17.8 Å². The van der Waals surface area contributed by atoms with Crippen molar-refractivity contribution < 1.29 is 0 Å². The van der Waals surface area contributed by atoms with Crippen LogP contribution in [0.3, 0.4) is 0 Å². The maximum Gasteiger partial charge on any atom is 0.0482 e. The van der Waals surface area contributed by atoms with Gasteiger partial charge < -0.3 is 0 Å². The van der Waals surface area contributed by atoms with E-state index in [-0.39, 0.29) is 0 Å². The van der Waals surface area contributed by atoms with Gasteiger partial charge >= 0.3 is 0 Å². The number of benzene rings is 2. The molecule has 0 N–H and O–H groups in total. The smallest absolute Gasteiger partial charge is 0.0482 e. The highest BCUT2D eigenvalue weighted by Crippen LogP contribution is 2.20. The Kier molecular flexibility index (Phi) is 4.34. The van der Waals surface area contributed by atoms with E-state index in [1.54, 1.807) is 0 Å². The normalized spacial score (nSPS) is 10.6. The lowest BCUT2D eigenvalue weighted by atomic mass is 9.96. The Balaban J connectivity index is 1.92. The van der Waals surface area contributed by atoms with Gasteiger partial charge in [0.15, 0.2) is 0 Å². The van der Waals surface area contributed by atoms with Gasteiger partial charge in [0.05, 0.1) is 0 Å². The Morgan fingerprint density at radius 2 is 1.27 bits per heavy atom. The van der Waals surface area contributed by atoms with Gasteiger partial charge in [-0.25, -0.2) is 0 Å². The molecule has 0 amide bonds. The minimum Gasteiger partial charge on any atom is -0.258 e. The largest absolute Gasteiger partial charge is 0.258 e. The molecule has 1 nitrogen and oxygen atoms in total. The summed E-state index contributed by atoms with van der Waals surface area (Å²) in [6.07, 6.45) is 1.87. The molecule has 0 saturated carbocycles. The van der Waals surface area contributed by atoms with Crippen LogP contribution in [0.25, 0.3) is 0 Å². The number of hydrogen-bond acceptors (Lipinski definition) is 1. The van der Waals surface area contributed by atoms with Crippen LogP contribution >= 0.6 is 0 Å². The molecule has 22 heavy (non-hydrogen) atoms. The van der Waals surface area contributed by atoms with Gasteiger partial charge in [-0.05, 0) is 48.6 Å². The summed E-state index contributed by atoms with van der Waals surface area (Å²) < 4.78 is 0. The fraction of sp³-hybridized carbons (Fsp3) is 0.190. The van der Waals surface area contributed by atoms with E-state index in [1.807, 2.05) is 0 Å². The zero-order chi connectivity index (χ0) is 15.4.